The Morgan fingerprint density at radius 2 is 1.66 bits per heavy atom. The van der Waals surface area contributed by atoms with Crippen LogP contribution in [0.1, 0.15) is 10.4 Å². The van der Waals surface area contributed by atoms with Gasteiger partial charge in [0.25, 0.3) is 11.8 Å². The number of hydrogen-bond donors (Lipinski definition) is 2. The molecule has 0 heterocycles. The topological polar surface area (TPSA) is 67.4 Å². The van der Waals surface area contributed by atoms with E-state index in [1.54, 1.807) is 6.07 Å². The van der Waals surface area contributed by atoms with E-state index in [0.717, 1.165) is 11.1 Å². The Morgan fingerprint density at radius 3 is 2.34 bits per heavy atom. The van der Waals surface area contributed by atoms with E-state index in [4.69, 9.17) is 27.9 Å². The molecule has 0 saturated carbocycles. The Balaban J connectivity index is 1.53. The summed E-state index contributed by atoms with van der Waals surface area (Å²) in [5.74, 6) is -0.581. The molecule has 0 radical (unpaired) electrons. The molecule has 29 heavy (non-hydrogen) atoms. The highest BCUT2D eigenvalue weighted by Crippen LogP contribution is 2.30. The number of halogens is 3. The zero-order valence-electron chi connectivity index (χ0n) is 14.9. The van der Waals surface area contributed by atoms with Crippen molar-refractivity contribution in [1.29, 1.82) is 0 Å². The second kappa shape index (κ2) is 9.78. The van der Waals surface area contributed by atoms with Crippen LogP contribution in [-0.4, -0.2) is 18.4 Å². The zero-order chi connectivity index (χ0) is 20.8. The average Bonchev–Trinajstić information content (AvgIpc) is 2.71. The number of benzene rings is 3. The minimum absolute atomic E-state index is 0.183. The minimum atomic E-state index is -0.562. The molecular formula is C21H15BrCl2N2O3. The number of amides is 2. The molecule has 148 valence electrons. The molecule has 0 unspecified atom stereocenters. The summed E-state index contributed by atoms with van der Waals surface area (Å²) in [6, 6.07) is 19.9. The Labute approximate surface area is 186 Å². The molecule has 0 atom stereocenters. The summed E-state index contributed by atoms with van der Waals surface area (Å²) >= 11 is 15.2. The van der Waals surface area contributed by atoms with Crippen molar-refractivity contribution in [1.82, 2.24) is 10.9 Å². The fraction of sp³-hybridized carbons (Fsp3) is 0.0476. The highest BCUT2D eigenvalue weighted by Gasteiger charge is 2.12. The van der Waals surface area contributed by atoms with Crippen molar-refractivity contribution in [3.63, 3.8) is 0 Å². The maximum atomic E-state index is 12.1. The van der Waals surface area contributed by atoms with Crippen LogP contribution in [0, 0.1) is 0 Å². The van der Waals surface area contributed by atoms with Crippen molar-refractivity contribution < 1.29 is 14.3 Å². The number of hydrogen-bond acceptors (Lipinski definition) is 3. The van der Waals surface area contributed by atoms with Gasteiger partial charge in [-0.1, -0.05) is 59.6 Å². The van der Waals surface area contributed by atoms with E-state index in [0.29, 0.717) is 15.2 Å². The lowest BCUT2D eigenvalue weighted by molar-refractivity contribution is -0.123. The third kappa shape index (κ3) is 5.73. The van der Waals surface area contributed by atoms with Crippen molar-refractivity contribution in [2.75, 3.05) is 6.61 Å². The normalized spacial score (nSPS) is 10.3. The number of carbonyl (C=O) groups excluding carboxylic acids is 2. The minimum Gasteiger partial charge on any atom is -0.483 e. The van der Waals surface area contributed by atoms with E-state index in [2.05, 4.69) is 26.8 Å². The van der Waals surface area contributed by atoms with Crippen molar-refractivity contribution in [2.24, 2.45) is 0 Å². The van der Waals surface area contributed by atoms with Crippen LogP contribution < -0.4 is 15.6 Å². The molecule has 0 fully saturated rings. The first-order chi connectivity index (χ1) is 13.9. The largest absolute Gasteiger partial charge is 0.483 e. The lowest BCUT2D eigenvalue weighted by Crippen LogP contribution is -2.43. The van der Waals surface area contributed by atoms with Gasteiger partial charge in [0, 0.05) is 5.02 Å². The third-order valence-electron chi connectivity index (χ3n) is 3.89. The Kier molecular flexibility index (Phi) is 7.14. The molecule has 0 aliphatic carbocycles. The van der Waals surface area contributed by atoms with Gasteiger partial charge >= 0.3 is 0 Å². The number of nitrogens with one attached hydrogen (secondary N) is 2. The summed E-state index contributed by atoms with van der Waals surface area (Å²) in [4.78, 5) is 24.1. The maximum Gasteiger partial charge on any atom is 0.276 e. The molecule has 3 rings (SSSR count). The van der Waals surface area contributed by atoms with E-state index in [1.165, 1.54) is 18.2 Å². The lowest BCUT2D eigenvalue weighted by Gasteiger charge is -2.11. The fourth-order valence-electron chi connectivity index (χ4n) is 2.47. The van der Waals surface area contributed by atoms with Crippen LogP contribution in [0.15, 0.2) is 71.2 Å². The van der Waals surface area contributed by atoms with Crippen molar-refractivity contribution in [3.05, 3.63) is 86.8 Å². The van der Waals surface area contributed by atoms with Gasteiger partial charge in [0.2, 0.25) is 0 Å². The van der Waals surface area contributed by atoms with Crippen LogP contribution in [0.3, 0.4) is 0 Å². The highest BCUT2D eigenvalue weighted by atomic mass is 79.9. The number of ether oxygens (including phenoxy) is 1. The number of rotatable bonds is 5. The lowest BCUT2D eigenvalue weighted by atomic mass is 10.1. The van der Waals surface area contributed by atoms with Gasteiger partial charge in [0.1, 0.15) is 5.75 Å². The van der Waals surface area contributed by atoms with Crippen LogP contribution in [0.2, 0.25) is 10.0 Å². The monoisotopic (exact) mass is 492 g/mol. The maximum absolute atomic E-state index is 12.1. The standard InChI is InChI=1S/C21H15BrCl2N2O3/c22-17-10-14(13-4-2-1-3-5-13)6-9-19(17)29-12-20(27)25-26-21(28)16-8-7-15(23)11-18(16)24/h1-11H,12H2,(H,25,27)(H,26,28). The molecule has 0 aliphatic heterocycles. The van der Waals surface area contributed by atoms with Gasteiger partial charge < -0.3 is 4.74 Å². The molecule has 0 spiro atoms. The molecule has 3 aromatic carbocycles. The van der Waals surface area contributed by atoms with Gasteiger partial charge in [-0.15, -0.1) is 0 Å². The van der Waals surface area contributed by atoms with Gasteiger partial charge in [-0.3, -0.25) is 20.4 Å². The molecule has 0 saturated heterocycles. The molecule has 0 aliphatic rings. The summed E-state index contributed by atoms with van der Waals surface area (Å²) in [5, 5.41) is 0.593. The predicted octanol–water partition coefficient (Wildman–Crippen LogP) is 5.26. The van der Waals surface area contributed by atoms with Crippen LogP contribution in [0.25, 0.3) is 11.1 Å². The van der Waals surface area contributed by atoms with Crippen molar-refractivity contribution in [3.8, 4) is 16.9 Å². The zero-order valence-corrected chi connectivity index (χ0v) is 18.0. The van der Waals surface area contributed by atoms with Gasteiger partial charge in [-0.25, -0.2) is 0 Å². The molecule has 2 N–H and O–H groups in total. The SMILES string of the molecule is O=C(COc1ccc(-c2ccccc2)cc1Br)NNC(=O)c1ccc(Cl)cc1Cl. The second-order valence-corrected chi connectivity index (χ2v) is 7.62. The summed E-state index contributed by atoms with van der Waals surface area (Å²) in [6.45, 7) is -0.280. The fourth-order valence-corrected chi connectivity index (χ4v) is 3.46. The van der Waals surface area contributed by atoms with Crippen molar-refractivity contribution >= 4 is 50.9 Å². The summed E-state index contributed by atoms with van der Waals surface area (Å²) < 4.78 is 6.22. The molecule has 0 bridgehead atoms. The summed E-state index contributed by atoms with van der Waals surface area (Å²) in [5.41, 5.74) is 6.84. The van der Waals surface area contributed by atoms with E-state index < -0.39 is 11.8 Å². The summed E-state index contributed by atoms with van der Waals surface area (Å²) in [6.07, 6.45) is 0. The van der Waals surface area contributed by atoms with Crippen LogP contribution >= 0.6 is 39.1 Å². The first kappa shape index (κ1) is 21.2. The molecule has 2 amide bonds. The van der Waals surface area contributed by atoms with Crippen LogP contribution in [0.4, 0.5) is 0 Å². The summed E-state index contributed by atoms with van der Waals surface area (Å²) in [7, 11) is 0. The molecule has 3 aromatic rings. The van der Waals surface area contributed by atoms with E-state index in [1.807, 2.05) is 42.5 Å². The first-order valence-corrected chi connectivity index (χ1v) is 10.0. The quantitative estimate of drug-likeness (QED) is 0.476. The molecule has 8 heteroatoms. The van der Waals surface area contributed by atoms with Crippen LogP contribution in [0.5, 0.6) is 5.75 Å². The second-order valence-electron chi connectivity index (χ2n) is 5.93. The first-order valence-electron chi connectivity index (χ1n) is 8.46. The number of carbonyl (C=O) groups is 2. The van der Waals surface area contributed by atoms with E-state index >= 15 is 0 Å². The Morgan fingerprint density at radius 1 is 0.897 bits per heavy atom. The Bertz CT molecular complexity index is 1050. The predicted molar refractivity (Wildman–Crippen MR) is 117 cm³/mol. The third-order valence-corrected chi connectivity index (χ3v) is 5.06. The smallest absolute Gasteiger partial charge is 0.276 e. The van der Waals surface area contributed by atoms with Gasteiger partial charge in [-0.2, -0.15) is 0 Å². The average molecular weight is 494 g/mol. The molecule has 0 aromatic heterocycles. The van der Waals surface area contributed by atoms with E-state index in [9.17, 15) is 9.59 Å². The Hall–Kier alpha value is -2.54. The van der Waals surface area contributed by atoms with Gasteiger partial charge in [-0.05, 0) is 57.4 Å². The van der Waals surface area contributed by atoms with Crippen LogP contribution in [-0.2, 0) is 4.79 Å². The molecular weight excluding hydrogens is 479 g/mol. The van der Waals surface area contributed by atoms with E-state index in [-0.39, 0.29) is 17.2 Å². The molecule has 5 nitrogen and oxygen atoms in total. The van der Waals surface area contributed by atoms with Crippen molar-refractivity contribution in [2.45, 2.75) is 0 Å². The number of hydrazine groups is 1. The highest BCUT2D eigenvalue weighted by molar-refractivity contribution is 9.10. The van der Waals surface area contributed by atoms with Gasteiger partial charge in [0.05, 0.1) is 15.1 Å². The van der Waals surface area contributed by atoms with Gasteiger partial charge in [0.15, 0.2) is 6.61 Å².